The molecule has 1 nitrogen and oxygen atoms in total. The highest BCUT2D eigenvalue weighted by Crippen LogP contribution is 2.39. The number of hydrogen-bond acceptors (Lipinski definition) is 1. The van der Waals surface area contributed by atoms with Gasteiger partial charge in [-0.25, -0.2) is 0 Å². The van der Waals surface area contributed by atoms with Crippen LogP contribution in [0.2, 0.25) is 19.6 Å². The smallest absolute Gasteiger partial charge is 0.131 e. The van der Waals surface area contributed by atoms with Gasteiger partial charge in [0.2, 0.25) is 0 Å². The van der Waals surface area contributed by atoms with Gasteiger partial charge in [-0.05, 0) is 19.3 Å². The highest BCUT2D eigenvalue weighted by atomic mass is 127. The number of alkyl halides is 1. The predicted molar refractivity (Wildman–Crippen MR) is 77.1 cm³/mol. The van der Waals surface area contributed by atoms with Crippen molar-refractivity contribution in [1.29, 1.82) is 0 Å². The van der Waals surface area contributed by atoms with Gasteiger partial charge in [0.15, 0.2) is 0 Å². The SMILES string of the molecule is CO[C@]1(C#C[Si](C)(C)C)CCC[C@H]1CI. The van der Waals surface area contributed by atoms with E-state index in [0.717, 1.165) is 10.8 Å². The van der Waals surface area contributed by atoms with Gasteiger partial charge in [-0.2, -0.15) is 0 Å². The van der Waals surface area contributed by atoms with Gasteiger partial charge >= 0.3 is 0 Å². The van der Waals surface area contributed by atoms with Crippen LogP contribution in [0.25, 0.3) is 0 Å². The van der Waals surface area contributed by atoms with E-state index in [2.05, 4.69) is 53.7 Å². The molecule has 0 radical (unpaired) electrons. The zero-order chi connectivity index (χ0) is 11.5. The van der Waals surface area contributed by atoms with Gasteiger partial charge in [0.25, 0.3) is 0 Å². The third-order valence-corrected chi connectivity index (χ3v) is 4.90. The van der Waals surface area contributed by atoms with Crippen LogP contribution >= 0.6 is 22.6 Å². The lowest BCUT2D eigenvalue weighted by Gasteiger charge is -2.28. The summed E-state index contributed by atoms with van der Waals surface area (Å²) in [5, 5.41) is 0. The fourth-order valence-electron chi connectivity index (χ4n) is 2.03. The summed E-state index contributed by atoms with van der Waals surface area (Å²) in [5.41, 5.74) is 3.36. The summed E-state index contributed by atoms with van der Waals surface area (Å²) in [5.74, 6) is 4.10. The molecule has 0 saturated heterocycles. The Hall–Kier alpha value is 0.467. The largest absolute Gasteiger partial charge is 0.365 e. The van der Waals surface area contributed by atoms with Crippen LogP contribution in [0.4, 0.5) is 0 Å². The molecular formula is C12H21IOSi. The van der Waals surface area contributed by atoms with Crippen molar-refractivity contribution in [2.45, 2.75) is 44.5 Å². The van der Waals surface area contributed by atoms with Crippen LogP contribution in [0.1, 0.15) is 19.3 Å². The van der Waals surface area contributed by atoms with Crippen molar-refractivity contribution in [2.24, 2.45) is 5.92 Å². The zero-order valence-electron chi connectivity index (χ0n) is 10.2. The molecule has 0 aromatic heterocycles. The average molecular weight is 336 g/mol. The van der Waals surface area contributed by atoms with E-state index < -0.39 is 8.07 Å². The highest BCUT2D eigenvalue weighted by Gasteiger charge is 2.41. The first-order valence-electron chi connectivity index (χ1n) is 5.59. The third kappa shape index (κ3) is 3.47. The molecule has 3 heteroatoms. The molecule has 0 aromatic carbocycles. The summed E-state index contributed by atoms with van der Waals surface area (Å²) in [6, 6.07) is 0. The number of hydrogen-bond donors (Lipinski definition) is 0. The zero-order valence-corrected chi connectivity index (χ0v) is 13.3. The summed E-state index contributed by atoms with van der Waals surface area (Å²) < 4.78 is 6.90. The van der Waals surface area contributed by atoms with E-state index in [1.807, 2.05) is 7.11 Å². The maximum absolute atomic E-state index is 5.74. The van der Waals surface area contributed by atoms with Gasteiger partial charge in [0.05, 0.1) is 0 Å². The molecule has 0 N–H and O–H groups in total. The first-order valence-corrected chi connectivity index (χ1v) is 10.6. The normalized spacial score (nSPS) is 31.1. The minimum Gasteiger partial charge on any atom is -0.365 e. The number of rotatable bonds is 2. The van der Waals surface area contributed by atoms with Gasteiger partial charge in [0, 0.05) is 17.5 Å². The van der Waals surface area contributed by atoms with Crippen molar-refractivity contribution in [3.8, 4) is 11.5 Å². The van der Waals surface area contributed by atoms with Crippen molar-refractivity contribution in [2.75, 3.05) is 11.5 Å². The number of methoxy groups -OCH3 is 1. The van der Waals surface area contributed by atoms with E-state index in [9.17, 15) is 0 Å². The van der Waals surface area contributed by atoms with Gasteiger partial charge in [-0.15, -0.1) is 5.54 Å². The monoisotopic (exact) mass is 336 g/mol. The molecule has 0 bridgehead atoms. The first-order chi connectivity index (χ1) is 6.93. The van der Waals surface area contributed by atoms with Gasteiger partial charge < -0.3 is 4.74 Å². The van der Waals surface area contributed by atoms with E-state index >= 15 is 0 Å². The molecule has 1 saturated carbocycles. The maximum Gasteiger partial charge on any atom is 0.131 e. The Kier molecular flexibility index (Phi) is 4.69. The van der Waals surface area contributed by atoms with Gasteiger partial charge in [-0.3, -0.25) is 0 Å². The van der Waals surface area contributed by atoms with E-state index in [1.54, 1.807) is 0 Å². The highest BCUT2D eigenvalue weighted by molar-refractivity contribution is 14.1. The summed E-state index contributed by atoms with van der Waals surface area (Å²) >= 11 is 2.46. The molecule has 1 aliphatic rings. The van der Waals surface area contributed by atoms with E-state index in [1.165, 1.54) is 12.8 Å². The number of ether oxygens (including phenoxy) is 1. The second-order valence-electron chi connectivity index (χ2n) is 5.34. The molecule has 0 spiro atoms. The minimum absolute atomic E-state index is 0.124. The fourth-order valence-corrected chi connectivity index (χ4v) is 3.77. The quantitative estimate of drug-likeness (QED) is 0.325. The van der Waals surface area contributed by atoms with E-state index in [0.29, 0.717) is 5.92 Å². The Morgan fingerprint density at radius 3 is 2.60 bits per heavy atom. The van der Waals surface area contributed by atoms with Gasteiger partial charge in [0.1, 0.15) is 13.7 Å². The molecule has 0 amide bonds. The van der Waals surface area contributed by atoms with Crippen molar-refractivity contribution >= 4 is 30.7 Å². The Morgan fingerprint density at radius 1 is 1.47 bits per heavy atom. The fraction of sp³-hybridized carbons (Fsp3) is 0.833. The van der Waals surface area contributed by atoms with Crippen molar-refractivity contribution < 1.29 is 4.74 Å². The predicted octanol–water partition coefficient (Wildman–Crippen LogP) is 3.49. The second-order valence-corrected chi connectivity index (χ2v) is 11.0. The molecule has 2 atom stereocenters. The Balaban J connectivity index is 2.88. The summed E-state index contributed by atoms with van der Waals surface area (Å²) in [7, 11) is 0.549. The van der Waals surface area contributed by atoms with Crippen LogP contribution in [0.15, 0.2) is 0 Å². The number of halogens is 1. The van der Waals surface area contributed by atoms with Crippen molar-refractivity contribution in [3.05, 3.63) is 0 Å². The molecule has 0 heterocycles. The lowest BCUT2D eigenvalue weighted by atomic mass is 9.93. The molecule has 0 aromatic rings. The molecule has 86 valence electrons. The van der Waals surface area contributed by atoms with Crippen LogP contribution in [0, 0.1) is 17.4 Å². The van der Waals surface area contributed by atoms with E-state index in [-0.39, 0.29) is 5.60 Å². The van der Waals surface area contributed by atoms with Crippen LogP contribution in [0.5, 0.6) is 0 Å². The second kappa shape index (κ2) is 5.20. The van der Waals surface area contributed by atoms with Crippen LogP contribution in [0.3, 0.4) is 0 Å². The Labute approximate surface area is 109 Å². The molecule has 0 aliphatic heterocycles. The van der Waals surface area contributed by atoms with Crippen molar-refractivity contribution in [1.82, 2.24) is 0 Å². The molecular weight excluding hydrogens is 315 g/mol. The molecule has 1 rings (SSSR count). The van der Waals surface area contributed by atoms with Crippen LogP contribution < -0.4 is 0 Å². The molecule has 1 aliphatic carbocycles. The van der Waals surface area contributed by atoms with Gasteiger partial charge in [-0.1, -0.05) is 48.2 Å². The topological polar surface area (TPSA) is 9.23 Å². The Bertz CT molecular complexity index is 274. The lowest BCUT2D eigenvalue weighted by Crippen LogP contribution is -2.35. The lowest BCUT2D eigenvalue weighted by molar-refractivity contribution is 0.0174. The third-order valence-electron chi connectivity index (χ3n) is 2.96. The first kappa shape index (κ1) is 13.5. The average Bonchev–Trinajstić information content (AvgIpc) is 2.57. The molecule has 1 fully saturated rings. The van der Waals surface area contributed by atoms with Crippen LogP contribution in [-0.2, 0) is 4.74 Å². The van der Waals surface area contributed by atoms with Crippen molar-refractivity contribution in [3.63, 3.8) is 0 Å². The summed E-state index contributed by atoms with van der Waals surface area (Å²) in [6.45, 7) is 6.87. The summed E-state index contributed by atoms with van der Waals surface area (Å²) in [6.07, 6.45) is 3.66. The maximum atomic E-state index is 5.74. The summed E-state index contributed by atoms with van der Waals surface area (Å²) in [4.78, 5) is 0. The molecule has 0 unspecified atom stereocenters. The van der Waals surface area contributed by atoms with E-state index in [4.69, 9.17) is 4.74 Å². The van der Waals surface area contributed by atoms with Crippen LogP contribution in [-0.4, -0.2) is 25.2 Å². The Morgan fingerprint density at radius 2 is 2.13 bits per heavy atom. The minimum atomic E-state index is -1.27. The molecule has 15 heavy (non-hydrogen) atoms. The standard InChI is InChI=1S/C12H21IOSi/c1-14-12(8-9-15(2,3)4)7-5-6-11(12)10-13/h11H,5-7,10H2,1-4H3/t11-,12-/m0/s1.